The van der Waals surface area contributed by atoms with Crippen molar-refractivity contribution in [3.63, 3.8) is 0 Å². The fraction of sp³-hybridized carbons (Fsp3) is 0.256. The normalized spacial score (nSPS) is 17.0. The van der Waals surface area contributed by atoms with E-state index in [1.807, 2.05) is 91.0 Å². The SMILES string of the molecule is CC(C)(C)OC(=O)C1=C(Sc2nnc(N)s2)CSC2[C@H](NC(=O)C(=NOCCF)c3nc(NC(c4ccccc4)(c4ccccc4)c4ccccc4)sc3Cl)C(=O)N12. The molecule has 58 heavy (non-hydrogen) atoms. The van der Waals surface area contributed by atoms with E-state index in [0.717, 1.165) is 39.4 Å². The minimum atomic E-state index is -1.08. The van der Waals surface area contributed by atoms with Crippen molar-refractivity contribution in [1.82, 2.24) is 25.4 Å². The molecule has 5 aromatic rings. The Kier molecular flexibility index (Phi) is 12.4. The Morgan fingerprint density at radius 3 is 2.12 bits per heavy atom. The number of thiazole rings is 1. The van der Waals surface area contributed by atoms with E-state index in [1.54, 1.807) is 20.8 Å². The molecule has 7 rings (SSSR count). The first kappa shape index (κ1) is 41.2. The van der Waals surface area contributed by atoms with E-state index in [9.17, 15) is 18.8 Å². The number of carbonyl (C=O) groups is 3. The number of nitrogen functional groups attached to an aromatic ring is 1. The Labute approximate surface area is 354 Å². The van der Waals surface area contributed by atoms with Gasteiger partial charge in [-0.1, -0.05) is 142 Å². The molecular formula is C39H36ClFN8O5S4. The highest BCUT2D eigenvalue weighted by Gasteiger charge is 2.55. The number of nitrogens with two attached hydrogens (primary N) is 1. The van der Waals surface area contributed by atoms with Gasteiger partial charge in [0.2, 0.25) is 5.13 Å². The summed E-state index contributed by atoms with van der Waals surface area (Å²) in [5, 5.41) is 18.2. The first-order valence-electron chi connectivity index (χ1n) is 17.8. The van der Waals surface area contributed by atoms with Crippen LogP contribution in [0.3, 0.4) is 0 Å². The highest BCUT2D eigenvalue weighted by molar-refractivity contribution is 8.07. The Balaban J connectivity index is 1.19. The number of nitrogens with zero attached hydrogens (tertiary/aromatic N) is 5. The Hall–Kier alpha value is -5.01. The highest BCUT2D eigenvalue weighted by atomic mass is 35.5. The van der Waals surface area contributed by atoms with Gasteiger partial charge in [-0.3, -0.25) is 14.5 Å². The van der Waals surface area contributed by atoms with Crippen molar-refractivity contribution >= 4 is 91.6 Å². The van der Waals surface area contributed by atoms with Crippen molar-refractivity contribution in [2.24, 2.45) is 5.16 Å². The summed E-state index contributed by atoms with van der Waals surface area (Å²) >= 11 is 11.6. The van der Waals surface area contributed by atoms with Gasteiger partial charge in [-0.15, -0.1) is 22.0 Å². The molecular weight excluding hydrogens is 843 g/mol. The molecule has 19 heteroatoms. The molecule has 4 N–H and O–H groups in total. The third-order valence-electron chi connectivity index (χ3n) is 8.71. The summed E-state index contributed by atoms with van der Waals surface area (Å²) in [5.74, 6) is -1.82. The van der Waals surface area contributed by atoms with Crippen LogP contribution in [0.4, 0.5) is 14.7 Å². The van der Waals surface area contributed by atoms with Crippen LogP contribution in [0.5, 0.6) is 0 Å². The van der Waals surface area contributed by atoms with Crippen LogP contribution in [0.2, 0.25) is 4.34 Å². The van der Waals surface area contributed by atoms with E-state index in [1.165, 1.54) is 28.4 Å². The number of carbonyl (C=O) groups excluding carboxylic acids is 3. The molecule has 2 aromatic heterocycles. The van der Waals surface area contributed by atoms with Gasteiger partial charge in [-0.25, -0.2) is 14.2 Å². The summed E-state index contributed by atoms with van der Waals surface area (Å²) in [6, 6.07) is 28.5. The van der Waals surface area contributed by atoms with E-state index in [2.05, 4.69) is 26.0 Å². The lowest BCUT2D eigenvalue weighted by Crippen LogP contribution is -2.71. The first-order chi connectivity index (χ1) is 27.9. The highest BCUT2D eigenvalue weighted by Crippen LogP contribution is 2.47. The smallest absolute Gasteiger partial charge is 0.356 e. The van der Waals surface area contributed by atoms with Gasteiger partial charge < -0.3 is 25.9 Å². The summed E-state index contributed by atoms with van der Waals surface area (Å²) in [4.78, 5) is 53.4. The number of oxime groups is 1. The summed E-state index contributed by atoms with van der Waals surface area (Å²) in [6.45, 7) is 3.85. The fourth-order valence-electron chi connectivity index (χ4n) is 6.34. The standard InChI is InChI=1S/C39H36ClFN8O5S4/c1-38(2,3)54-34(52)29-25(56-37-47-46-35(42)58-37)21-55-33-28(32(51)49(29)33)43-31(50)27(48-53-20-19-41)26-30(40)57-36(44-26)45-39(22-13-7-4-8-14-22,23-15-9-5-10-16-23)24-17-11-6-12-18-24/h4-18,28,33H,19-21H2,1-3H3,(H2,42,46)(H,43,50)(H,44,45)/t28-,33?/m1/s1. The van der Waals surface area contributed by atoms with Gasteiger partial charge in [-0.05, 0) is 37.5 Å². The van der Waals surface area contributed by atoms with Crippen molar-refractivity contribution < 1.29 is 28.3 Å². The van der Waals surface area contributed by atoms with E-state index < -0.39 is 53.6 Å². The number of rotatable bonds is 14. The number of nitrogens with one attached hydrogen (secondary N) is 2. The van der Waals surface area contributed by atoms with Crippen LogP contribution in [-0.2, 0) is 29.5 Å². The van der Waals surface area contributed by atoms with Crippen LogP contribution < -0.4 is 16.4 Å². The molecule has 300 valence electrons. The van der Waals surface area contributed by atoms with Gasteiger partial charge in [0.15, 0.2) is 15.2 Å². The number of ether oxygens (including phenoxy) is 1. The summed E-state index contributed by atoms with van der Waals surface area (Å²) in [7, 11) is 0. The predicted octanol–water partition coefficient (Wildman–Crippen LogP) is 7.07. The number of alkyl halides is 1. The minimum Gasteiger partial charge on any atom is -0.455 e. The number of benzene rings is 3. The van der Waals surface area contributed by atoms with Crippen molar-refractivity contribution in [1.29, 1.82) is 0 Å². The maximum absolute atomic E-state index is 14.1. The number of halogens is 2. The molecule has 2 aliphatic rings. The number of anilines is 2. The number of esters is 1. The minimum absolute atomic E-state index is 0.0436. The number of fused-ring (bicyclic) bond motifs is 1. The zero-order chi connectivity index (χ0) is 41.0. The number of hydrogen-bond acceptors (Lipinski definition) is 15. The second kappa shape index (κ2) is 17.5. The summed E-state index contributed by atoms with van der Waals surface area (Å²) in [6.07, 6.45) is 0. The topological polar surface area (TPSA) is 174 Å². The number of aromatic nitrogens is 3. The maximum Gasteiger partial charge on any atom is 0.356 e. The molecule has 0 spiro atoms. The second-order valence-corrected chi connectivity index (χ2v) is 18.8. The summed E-state index contributed by atoms with van der Waals surface area (Å²) in [5.41, 5.74) is 6.32. The quantitative estimate of drug-likeness (QED) is 0.0259. The lowest BCUT2D eigenvalue weighted by atomic mass is 9.77. The lowest BCUT2D eigenvalue weighted by Gasteiger charge is -2.49. The molecule has 1 unspecified atom stereocenters. The van der Waals surface area contributed by atoms with E-state index in [-0.39, 0.29) is 26.6 Å². The second-order valence-electron chi connectivity index (χ2n) is 13.7. The van der Waals surface area contributed by atoms with Crippen molar-refractivity contribution in [2.75, 3.05) is 30.1 Å². The monoisotopic (exact) mass is 878 g/mol. The van der Waals surface area contributed by atoms with E-state index in [4.69, 9.17) is 31.9 Å². The largest absolute Gasteiger partial charge is 0.455 e. The van der Waals surface area contributed by atoms with Gasteiger partial charge in [0, 0.05) is 10.7 Å². The zero-order valence-electron chi connectivity index (χ0n) is 31.2. The van der Waals surface area contributed by atoms with Crippen molar-refractivity contribution in [2.45, 2.75) is 47.7 Å². The lowest BCUT2D eigenvalue weighted by molar-refractivity contribution is -0.158. The average molecular weight is 879 g/mol. The number of amides is 2. The van der Waals surface area contributed by atoms with Gasteiger partial charge in [0.05, 0.1) is 0 Å². The molecule has 0 aliphatic carbocycles. The molecule has 1 fully saturated rings. The van der Waals surface area contributed by atoms with Crippen LogP contribution in [0.1, 0.15) is 43.2 Å². The number of thioether (sulfide) groups is 2. The predicted molar refractivity (Wildman–Crippen MR) is 226 cm³/mol. The van der Waals surface area contributed by atoms with Gasteiger partial charge in [0.1, 0.15) is 51.6 Å². The van der Waals surface area contributed by atoms with Gasteiger partial charge in [-0.2, -0.15) is 0 Å². The summed E-state index contributed by atoms with van der Waals surface area (Å²) < 4.78 is 19.5. The average Bonchev–Trinajstić information content (AvgIpc) is 3.80. The van der Waals surface area contributed by atoms with E-state index in [0.29, 0.717) is 20.1 Å². The molecule has 4 heterocycles. The van der Waals surface area contributed by atoms with Gasteiger partial charge in [0.25, 0.3) is 11.8 Å². The fourth-order valence-corrected chi connectivity index (χ4v) is 10.7. The molecule has 0 bridgehead atoms. The molecule has 13 nitrogen and oxygen atoms in total. The molecule has 3 aromatic carbocycles. The Morgan fingerprint density at radius 1 is 0.983 bits per heavy atom. The molecule has 2 aliphatic heterocycles. The van der Waals surface area contributed by atoms with Crippen LogP contribution in [0, 0.1) is 0 Å². The molecule has 0 saturated carbocycles. The molecule has 2 atom stereocenters. The molecule has 2 amide bonds. The molecule has 0 radical (unpaired) electrons. The van der Waals surface area contributed by atoms with E-state index >= 15 is 0 Å². The maximum atomic E-state index is 14.1. The van der Waals surface area contributed by atoms with Crippen LogP contribution in [-0.4, -0.2) is 79.6 Å². The van der Waals surface area contributed by atoms with Crippen LogP contribution in [0.15, 0.2) is 111 Å². The van der Waals surface area contributed by atoms with Crippen LogP contribution >= 0.6 is 57.8 Å². The van der Waals surface area contributed by atoms with Gasteiger partial charge >= 0.3 is 5.97 Å². The Morgan fingerprint density at radius 2 is 1.59 bits per heavy atom. The first-order valence-corrected chi connectivity index (χ1v) is 21.6. The number of hydrogen-bond donors (Lipinski definition) is 3. The number of β-lactam (4-membered cyclic amide) rings is 1. The zero-order valence-corrected chi connectivity index (χ0v) is 35.2. The van der Waals surface area contributed by atoms with Crippen molar-refractivity contribution in [3.05, 3.63) is 128 Å². The third-order valence-corrected chi connectivity index (χ3v) is 13.2. The molecule has 1 saturated heterocycles. The Bertz CT molecular complexity index is 2260. The van der Waals surface area contributed by atoms with Crippen molar-refractivity contribution in [3.8, 4) is 0 Å². The third kappa shape index (κ3) is 8.56. The van der Waals surface area contributed by atoms with Crippen LogP contribution in [0.25, 0.3) is 0 Å².